The minimum Gasteiger partial charge on any atom is -0.450 e. The van der Waals surface area contributed by atoms with Crippen LogP contribution in [0.3, 0.4) is 0 Å². The minimum atomic E-state index is -0.325. The van der Waals surface area contributed by atoms with E-state index in [2.05, 4.69) is 20.5 Å². The van der Waals surface area contributed by atoms with Gasteiger partial charge >= 0.3 is 6.09 Å². The Bertz CT molecular complexity index is 479. The lowest BCUT2D eigenvalue weighted by Crippen LogP contribution is -2.49. The molecule has 1 spiro atoms. The van der Waals surface area contributed by atoms with Crippen LogP contribution in [-0.2, 0) is 9.47 Å². The summed E-state index contributed by atoms with van der Waals surface area (Å²) < 4.78 is 10.6. The predicted octanol–water partition coefficient (Wildman–Crippen LogP) is 1.82. The van der Waals surface area contributed by atoms with Crippen LogP contribution in [0.1, 0.15) is 32.6 Å². The van der Waals surface area contributed by atoms with Gasteiger partial charge in [0.15, 0.2) is 5.96 Å². The van der Waals surface area contributed by atoms with Gasteiger partial charge in [0.1, 0.15) is 0 Å². The highest BCUT2D eigenvalue weighted by atomic mass is 127. The van der Waals surface area contributed by atoms with Crippen molar-refractivity contribution in [2.45, 2.75) is 38.6 Å². The second-order valence-electron chi connectivity index (χ2n) is 7.21. The number of guanidine groups is 1. The predicted molar refractivity (Wildman–Crippen MR) is 108 cm³/mol. The SMILES string of the molecule is CCOC(=O)NC(CNC(=NC)N1CCC2(CCOC2)C1)C1CC1.I. The van der Waals surface area contributed by atoms with E-state index in [-0.39, 0.29) is 36.1 Å². The molecule has 8 heteroatoms. The molecule has 0 aromatic carbocycles. The summed E-state index contributed by atoms with van der Waals surface area (Å²) in [5, 5.41) is 6.43. The standard InChI is InChI=1S/C17H30N4O3.HI/c1-3-24-16(22)20-14(13-4-5-13)10-19-15(18-2)21-8-6-17(11-21)7-9-23-12-17;/h13-14H,3-12H2,1-2H3,(H,18,19)(H,20,22);1H. The van der Waals surface area contributed by atoms with Crippen molar-refractivity contribution >= 4 is 36.0 Å². The van der Waals surface area contributed by atoms with E-state index in [1.165, 1.54) is 19.3 Å². The molecule has 144 valence electrons. The molecule has 3 rings (SSSR count). The zero-order valence-corrected chi connectivity index (χ0v) is 17.6. The molecule has 1 saturated carbocycles. The normalized spacial score (nSPS) is 27.1. The summed E-state index contributed by atoms with van der Waals surface area (Å²) in [5.41, 5.74) is 0.316. The number of aliphatic imine (C=N–C) groups is 1. The number of hydrogen-bond donors (Lipinski definition) is 2. The molecule has 1 aliphatic carbocycles. The van der Waals surface area contributed by atoms with Gasteiger partial charge in [-0.15, -0.1) is 24.0 Å². The van der Waals surface area contributed by atoms with E-state index < -0.39 is 0 Å². The van der Waals surface area contributed by atoms with Gasteiger partial charge in [-0.25, -0.2) is 4.79 Å². The molecular formula is C17H31IN4O3. The number of rotatable bonds is 5. The summed E-state index contributed by atoms with van der Waals surface area (Å²) in [6.45, 7) is 6.69. The van der Waals surface area contributed by atoms with Crippen LogP contribution in [0.25, 0.3) is 0 Å². The van der Waals surface area contributed by atoms with E-state index in [0.29, 0.717) is 24.5 Å². The lowest BCUT2D eigenvalue weighted by Gasteiger charge is -2.26. The zero-order valence-electron chi connectivity index (χ0n) is 15.3. The van der Waals surface area contributed by atoms with Crippen molar-refractivity contribution in [3.8, 4) is 0 Å². The number of nitrogens with zero attached hydrogens (tertiary/aromatic N) is 2. The molecule has 0 aromatic rings. The van der Waals surface area contributed by atoms with Gasteiger partial charge in [-0.05, 0) is 38.5 Å². The van der Waals surface area contributed by atoms with Gasteiger partial charge in [0, 0.05) is 38.7 Å². The first-order chi connectivity index (χ1) is 11.7. The van der Waals surface area contributed by atoms with Crippen LogP contribution in [0.2, 0.25) is 0 Å². The quantitative estimate of drug-likeness (QED) is 0.368. The Hall–Kier alpha value is -0.770. The molecular weight excluding hydrogens is 435 g/mol. The monoisotopic (exact) mass is 466 g/mol. The average molecular weight is 466 g/mol. The zero-order chi connectivity index (χ0) is 17.0. The Morgan fingerprint density at radius 2 is 2.24 bits per heavy atom. The molecule has 0 bridgehead atoms. The van der Waals surface area contributed by atoms with E-state index in [0.717, 1.165) is 38.7 Å². The number of carbonyl (C=O) groups is 1. The van der Waals surface area contributed by atoms with Crippen LogP contribution in [0, 0.1) is 11.3 Å². The molecule has 2 N–H and O–H groups in total. The van der Waals surface area contributed by atoms with Gasteiger partial charge in [-0.2, -0.15) is 0 Å². The van der Waals surface area contributed by atoms with E-state index in [1.807, 2.05) is 14.0 Å². The van der Waals surface area contributed by atoms with Crippen LogP contribution in [0.4, 0.5) is 4.79 Å². The molecule has 7 nitrogen and oxygen atoms in total. The smallest absolute Gasteiger partial charge is 0.407 e. The first-order valence-corrected chi connectivity index (χ1v) is 9.12. The fourth-order valence-electron chi connectivity index (χ4n) is 3.78. The van der Waals surface area contributed by atoms with E-state index in [1.54, 1.807) is 0 Å². The molecule has 0 radical (unpaired) electrons. The number of likely N-dealkylation sites (tertiary alicyclic amines) is 1. The maximum Gasteiger partial charge on any atom is 0.407 e. The third kappa shape index (κ3) is 5.35. The summed E-state index contributed by atoms with van der Waals surface area (Å²) in [7, 11) is 1.82. The summed E-state index contributed by atoms with van der Waals surface area (Å²) in [6, 6.07) is 0.104. The number of carbonyl (C=O) groups excluding carboxylic acids is 1. The summed E-state index contributed by atoms with van der Waals surface area (Å²) >= 11 is 0. The van der Waals surface area contributed by atoms with Crippen molar-refractivity contribution in [1.29, 1.82) is 0 Å². The van der Waals surface area contributed by atoms with Gasteiger partial charge < -0.3 is 25.0 Å². The van der Waals surface area contributed by atoms with E-state index in [4.69, 9.17) is 9.47 Å². The Kier molecular flexibility index (Phi) is 7.60. The summed E-state index contributed by atoms with van der Waals surface area (Å²) in [5.74, 6) is 1.48. The molecule has 2 unspecified atom stereocenters. The van der Waals surface area contributed by atoms with Gasteiger partial charge in [0.25, 0.3) is 0 Å². The Balaban J connectivity index is 0.00000225. The Labute approximate surface area is 167 Å². The van der Waals surface area contributed by atoms with Crippen LogP contribution >= 0.6 is 24.0 Å². The Morgan fingerprint density at radius 3 is 2.84 bits per heavy atom. The molecule has 2 heterocycles. The second-order valence-corrected chi connectivity index (χ2v) is 7.21. The van der Waals surface area contributed by atoms with Crippen molar-refractivity contribution in [3.05, 3.63) is 0 Å². The topological polar surface area (TPSA) is 75.2 Å². The number of amides is 1. The van der Waals surface area contributed by atoms with Crippen LogP contribution in [0.5, 0.6) is 0 Å². The summed E-state index contributed by atoms with van der Waals surface area (Å²) in [4.78, 5) is 18.5. The van der Waals surface area contributed by atoms with Gasteiger partial charge in [-0.3, -0.25) is 4.99 Å². The number of ether oxygens (including phenoxy) is 2. The van der Waals surface area contributed by atoms with E-state index in [9.17, 15) is 4.79 Å². The maximum absolute atomic E-state index is 11.7. The van der Waals surface area contributed by atoms with Crippen molar-refractivity contribution in [2.75, 3.05) is 46.5 Å². The largest absolute Gasteiger partial charge is 0.450 e. The number of hydrogen-bond acceptors (Lipinski definition) is 4. The first kappa shape index (κ1) is 20.5. The van der Waals surface area contributed by atoms with Crippen molar-refractivity contribution < 1.29 is 14.3 Å². The van der Waals surface area contributed by atoms with Crippen molar-refractivity contribution in [3.63, 3.8) is 0 Å². The second kappa shape index (κ2) is 9.25. The lowest BCUT2D eigenvalue weighted by atomic mass is 9.87. The molecule has 0 aromatic heterocycles. The fraction of sp³-hybridized carbons (Fsp3) is 0.882. The van der Waals surface area contributed by atoms with Gasteiger partial charge in [0.2, 0.25) is 0 Å². The molecule has 1 amide bonds. The van der Waals surface area contributed by atoms with Gasteiger partial charge in [-0.1, -0.05) is 0 Å². The number of halogens is 1. The highest BCUT2D eigenvalue weighted by Gasteiger charge is 2.42. The van der Waals surface area contributed by atoms with Crippen molar-refractivity contribution in [2.24, 2.45) is 16.3 Å². The molecule has 3 aliphatic rings. The molecule has 3 fully saturated rings. The highest BCUT2D eigenvalue weighted by molar-refractivity contribution is 14.0. The minimum absolute atomic E-state index is 0. The average Bonchev–Trinajstić information content (AvgIpc) is 3.19. The highest BCUT2D eigenvalue weighted by Crippen LogP contribution is 2.38. The summed E-state index contributed by atoms with van der Waals surface area (Å²) in [6.07, 6.45) is 4.33. The number of alkyl carbamates (subject to hydrolysis) is 1. The van der Waals surface area contributed by atoms with Crippen molar-refractivity contribution in [1.82, 2.24) is 15.5 Å². The van der Waals surface area contributed by atoms with Crippen LogP contribution in [-0.4, -0.2) is 69.5 Å². The maximum atomic E-state index is 11.7. The van der Waals surface area contributed by atoms with Gasteiger partial charge in [0.05, 0.1) is 19.3 Å². The molecule has 2 saturated heterocycles. The van der Waals surface area contributed by atoms with Crippen LogP contribution in [0.15, 0.2) is 4.99 Å². The van der Waals surface area contributed by atoms with Crippen LogP contribution < -0.4 is 10.6 Å². The first-order valence-electron chi connectivity index (χ1n) is 9.12. The molecule has 2 aliphatic heterocycles. The molecule has 25 heavy (non-hydrogen) atoms. The fourth-order valence-corrected chi connectivity index (χ4v) is 3.78. The molecule has 2 atom stereocenters. The third-order valence-corrected chi connectivity index (χ3v) is 5.38. The third-order valence-electron chi connectivity index (χ3n) is 5.38. The lowest BCUT2D eigenvalue weighted by molar-refractivity contribution is 0.146. The number of nitrogens with one attached hydrogen (secondary N) is 2. The Morgan fingerprint density at radius 1 is 1.44 bits per heavy atom. The van der Waals surface area contributed by atoms with E-state index >= 15 is 0 Å².